The summed E-state index contributed by atoms with van der Waals surface area (Å²) >= 11 is 6.35. The van der Waals surface area contributed by atoms with Gasteiger partial charge >= 0.3 is 0 Å². The number of hydrogen-bond acceptors (Lipinski definition) is 4. The Labute approximate surface area is 177 Å². The number of halogens is 1. The van der Waals surface area contributed by atoms with Crippen molar-refractivity contribution >= 4 is 29.2 Å². The van der Waals surface area contributed by atoms with E-state index in [1.165, 1.54) is 4.90 Å². The minimum Gasteiger partial charge on any atom is -0.383 e. The fourth-order valence-corrected chi connectivity index (χ4v) is 2.93. The van der Waals surface area contributed by atoms with Crippen LogP contribution in [0.25, 0.3) is 5.69 Å². The monoisotopic (exact) mass is 420 g/mol. The van der Waals surface area contributed by atoms with Crippen LogP contribution < -0.4 is 5.32 Å². The second-order valence-corrected chi connectivity index (χ2v) is 8.15. The van der Waals surface area contributed by atoms with Gasteiger partial charge in [-0.05, 0) is 12.1 Å². The average Bonchev–Trinajstić information content (AvgIpc) is 3.08. The van der Waals surface area contributed by atoms with E-state index in [1.54, 1.807) is 24.8 Å². The van der Waals surface area contributed by atoms with E-state index in [2.05, 4.69) is 10.4 Å². The summed E-state index contributed by atoms with van der Waals surface area (Å²) in [4.78, 5) is 26.3. The fraction of sp³-hybridized carbons (Fsp3) is 0.476. The molecule has 29 heavy (non-hydrogen) atoms. The molecule has 1 N–H and O–H groups in total. The average molecular weight is 421 g/mol. The molecule has 8 heteroatoms. The third-order valence-electron chi connectivity index (χ3n) is 4.38. The third-order valence-corrected chi connectivity index (χ3v) is 4.70. The zero-order chi connectivity index (χ0) is 21.6. The van der Waals surface area contributed by atoms with Crippen LogP contribution in [-0.2, 0) is 19.7 Å². The first-order chi connectivity index (χ1) is 13.7. The van der Waals surface area contributed by atoms with Crippen LogP contribution in [-0.4, -0.2) is 53.3 Å². The van der Waals surface area contributed by atoms with Crippen LogP contribution in [0, 0.1) is 0 Å². The normalized spacial score (nSPS) is 11.4. The highest BCUT2D eigenvalue weighted by atomic mass is 35.5. The molecule has 0 aliphatic carbocycles. The Morgan fingerprint density at radius 2 is 1.97 bits per heavy atom. The number of ether oxygens (including phenoxy) is 1. The molecular formula is C21H29ClN4O3. The van der Waals surface area contributed by atoms with Crippen molar-refractivity contribution in [2.75, 3.05) is 32.1 Å². The summed E-state index contributed by atoms with van der Waals surface area (Å²) in [5, 5.41) is 8.07. The number of rotatable bonds is 8. The molecule has 2 rings (SSSR count). The number of hydrogen-bond donors (Lipinski definition) is 1. The highest BCUT2D eigenvalue weighted by molar-refractivity contribution is 6.32. The summed E-state index contributed by atoms with van der Waals surface area (Å²) in [5.41, 5.74) is 1.27. The van der Waals surface area contributed by atoms with Gasteiger partial charge in [-0.1, -0.05) is 51.4 Å². The van der Waals surface area contributed by atoms with Crippen LogP contribution in [0.4, 0.5) is 5.82 Å². The predicted octanol–water partition coefficient (Wildman–Crippen LogP) is 3.65. The number of anilines is 1. The maximum atomic E-state index is 12.7. The number of amides is 2. The highest BCUT2D eigenvalue weighted by Gasteiger charge is 2.23. The van der Waals surface area contributed by atoms with E-state index in [1.807, 2.05) is 45.0 Å². The standard InChI is InChI=1S/C21H29ClN4O3/c1-6-20(28)25(11-12-29-5)14-19(27)23-18-13-17(21(2,3)4)24-26(18)16-10-8-7-9-15(16)22/h7-10,13H,6,11-12,14H2,1-5H3,(H,23,27). The number of aromatic nitrogens is 2. The minimum absolute atomic E-state index is 0.0609. The third kappa shape index (κ3) is 6.05. The Morgan fingerprint density at radius 3 is 2.55 bits per heavy atom. The SMILES string of the molecule is CCC(=O)N(CCOC)CC(=O)Nc1cc(C(C)(C)C)nn1-c1ccccc1Cl. The van der Waals surface area contributed by atoms with Gasteiger partial charge in [0.25, 0.3) is 0 Å². The van der Waals surface area contributed by atoms with Crippen molar-refractivity contribution in [3.63, 3.8) is 0 Å². The summed E-state index contributed by atoms with van der Waals surface area (Å²) in [5.74, 6) is 0.0902. The number of methoxy groups -OCH3 is 1. The van der Waals surface area contributed by atoms with Gasteiger partial charge in [0.1, 0.15) is 5.82 Å². The molecule has 1 aromatic heterocycles. The van der Waals surface area contributed by atoms with Gasteiger partial charge in [-0.25, -0.2) is 4.68 Å². The first-order valence-electron chi connectivity index (χ1n) is 9.59. The number of carbonyl (C=O) groups excluding carboxylic acids is 2. The molecule has 0 bridgehead atoms. The Hall–Kier alpha value is -2.38. The van der Waals surface area contributed by atoms with Crippen LogP contribution in [0.5, 0.6) is 0 Å². The maximum absolute atomic E-state index is 12.7. The largest absolute Gasteiger partial charge is 0.383 e. The topological polar surface area (TPSA) is 76.5 Å². The van der Waals surface area contributed by atoms with Gasteiger partial charge in [0.15, 0.2) is 0 Å². The summed E-state index contributed by atoms with van der Waals surface area (Å²) in [6.45, 7) is 8.56. The van der Waals surface area contributed by atoms with Crippen molar-refractivity contribution in [3.05, 3.63) is 41.0 Å². The Morgan fingerprint density at radius 1 is 1.28 bits per heavy atom. The van der Waals surface area contributed by atoms with Crippen LogP contribution in [0.1, 0.15) is 39.8 Å². The van der Waals surface area contributed by atoms with Crippen molar-refractivity contribution in [2.24, 2.45) is 0 Å². The lowest BCUT2D eigenvalue weighted by Crippen LogP contribution is -2.39. The van der Waals surface area contributed by atoms with Crippen LogP contribution in [0.15, 0.2) is 30.3 Å². The van der Waals surface area contributed by atoms with Gasteiger partial charge in [-0.15, -0.1) is 0 Å². The summed E-state index contributed by atoms with van der Waals surface area (Å²) < 4.78 is 6.67. The Balaban J connectivity index is 2.31. The number of para-hydroxylation sites is 1. The second kappa shape index (κ2) is 9.89. The van der Waals surface area contributed by atoms with E-state index >= 15 is 0 Å². The number of carbonyl (C=O) groups is 2. The summed E-state index contributed by atoms with van der Waals surface area (Å²) in [7, 11) is 1.56. The fourth-order valence-electron chi connectivity index (χ4n) is 2.72. The molecule has 0 saturated heterocycles. The van der Waals surface area contributed by atoms with Crippen molar-refractivity contribution < 1.29 is 14.3 Å². The predicted molar refractivity (Wildman–Crippen MR) is 115 cm³/mol. The first kappa shape index (κ1) is 22.9. The number of benzene rings is 1. The number of nitrogens with one attached hydrogen (secondary N) is 1. The molecule has 1 heterocycles. The van der Waals surface area contributed by atoms with E-state index in [4.69, 9.17) is 16.3 Å². The molecule has 158 valence electrons. The molecule has 0 atom stereocenters. The van der Waals surface area contributed by atoms with Crippen LogP contribution >= 0.6 is 11.6 Å². The van der Waals surface area contributed by atoms with E-state index in [-0.39, 0.29) is 23.8 Å². The molecular weight excluding hydrogens is 392 g/mol. The van der Waals surface area contributed by atoms with Crippen molar-refractivity contribution in [1.82, 2.24) is 14.7 Å². The zero-order valence-electron chi connectivity index (χ0n) is 17.7. The lowest BCUT2D eigenvalue weighted by molar-refractivity contribution is -0.135. The van der Waals surface area contributed by atoms with Gasteiger partial charge in [0.2, 0.25) is 11.8 Å². The van der Waals surface area contributed by atoms with Crippen molar-refractivity contribution in [3.8, 4) is 5.69 Å². The lowest BCUT2D eigenvalue weighted by atomic mass is 9.92. The number of nitrogens with zero attached hydrogens (tertiary/aromatic N) is 3. The second-order valence-electron chi connectivity index (χ2n) is 7.74. The molecule has 7 nitrogen and oxygen atoms in total. The Kier molecular flexibility index (Phi) is 7.81. The molecule has 0 spiro atoms. The smallest absolute Gasteiger partial charge is 0.245 e. The quantitative estimate of drug-likeness (QED) is 0.707. The molecule has 0 aliphatic heterocycles. The first-order valence-corrected chi connectivity index (χ1v) is 9.97. The molecule has 2 amide bonds. The zero-order valence-corrected chi connectivity index (χ0v) is 18.4. The highest BCUT2D eigenvalue weighted by Crippen LogP contribution is 2.29. The maximum Gasteiger partial charge on any atom is 0.245 e. The van der Waals surface area contributed by atoms with E-state index in [9.17, 15) is 9.59 Å². The van der Waals surface area contributed by atoms with E-state index in [0.29, 0.717) is 36.1 Å². The van der Waals surface area contributed by atoms with E-state index < -0.39 is 0 Å². The Bertz CT molecular complexity index is 858. The van der Waals surface area contributed by atoms with Crippen molar-refractivity contribution in [1.29, 1.82) is 0 Å². The molecule has 0 aliphatic rings. The van der Waals surface area contributed by atoms with Crippen LogP contribution in [0.2, 0.25) is 5.02 Å². The van der Waals surface area contributed by atoms with Gasteiger partial charge < -0.3 is 15.0 Å². The summed E-state index contributed by atoms with van der Waals surface area (Å²) in [6, 6.07) is 9.14. The van der Waals surface area contributed by atoms with Gasteiger partial charge in [-0.2, -0.15) is 5.10 Å². The molecule has 1 aromatic carbocycles. The lowest BCUT2D eigenvalue weighted by Gasteiger charge is -2.21. The van der Waals surface area contributed by atoms with Gasteiger partial charge in [0.05, 0.1) is 29.6 Å². The molecule has 0 fully saturated rings. The van der Waals surface area contributed by atoms with Crippen LogP contribution in [0.3, 0.4) is 0 Å². The van der Waals surface area contributed by atoms with Gasteiger partial charge in [-0.3, -0.25) is 9.59 Å². The van der Waals surface area contributed by atoms with E-state index in [0.717, 1.165) is 5.69 Å². The molecule has 0 radical (unpaired) electrons. The van der Waals surface area contributed by atoms with Crippen molar-refractivity contribution in [2.45, 2.75) is 39.5 Å². The molecule has 0 unspecified atom stereocenters. The minimum atomic E-state index is -0.309. The molecule has 2 aromatic rings. The van der Waals surface area contributed by atoms with Gasteiger partial charge in [0, 0.05) is 31.6 Å². The molecule has 0 saturated carbocycles. The summed E-state index contributed by atoms with van der Waals surface area (Å²) in [6.07, 6.45) is 0.322.